The average molecular weight is 952 g/mol. The summed E-state index contributed by atoms with van der Waals surface area (Å²) in [5, 5.41) is 24.6. The SMILES string of the molecule is COCCN(CCNCCN(CCNCCN(C)CCC(C)=O)C(C)C)CCC(=O)OC.COCCN(CCNCCN(CCNCCN(C)CC[C-]=O)C(C)C)CCC(=O)[O-].[Na+].[Na+].[OH-]. The van der Waals surface area contributed by atoms with Crippen molar-refractivity contribution in [1.82, 2.24) is 50.7 Å². The van der Waals surface area contributed by atoms with Gasteiger partial charge in [0.25, 0.3) is 0 Å². The maximum absolute atomic E-state index is 11.4. The average Bonchev–Trinajstić information content (AvgIpc) is 3.23. The van der Waals surface area contributed by atoms with Gasteiger partial charge in [0, 0.05) is 176 Å². The van der Waals surface area contributed by atoms with E-state index in [1.165, 1.54) is 7.11 Å². The number of ether oxygens (including phenoxy) is 3. The van der Waals surface area contributed by atoms with E-state index >= 15 is 0 Å². The number of carboxylic acids is 1. The van der Waals surface area contributed by atoms with Gasteiger partial charge in [-0.1, -0.05) is 0 Å². The van der Waals surface area contributed by atoms with Crippen LogP contribution in [-0.4, -0.2) is 264 Å². The van der Waals surface area contributed by atoms with E-state index in [1.54, 1.807) is 21.1 Å². The Morgan fingerprint density at radius 1 is 0.538 bits per heavy atom. The summed E-state index contributed by atoms with van der Waals surface area (Å²) in [6, 6.07) is 0.968. The van der Waals surface area contributed by atoms with Gasteiger partial charge in [-0.25, -0.2) is 0 Å². The molecule has 0 bridgehead atoms. The van der Waals surface area contributed by atoms with E-state index in [4.69, 9.17) is 14.2 Å². The molecule has 376 valence electrons. The van der Waals surface area contributed by atoms with Crippen molar-refractivity contribution >= 4 is 24.0 Å². The van der Waals surface area contributed by atoms with Crippen molar-refractivity contribution in [1.29, 1.82) is 0 Å². The number of esters is 1. The number of carboxylic acid groups (broad SMARTS) is 1. The molecule has 65 heavy (non-hydrogen) atoms. The summed E-state index contributed by atoms with van der Waals surface area (Å²) in [7, 11) is 8.84. The number of ketones is 1. The van der Waals surface area contributed by atoms with Crippen molar-refractivity contribution in [3.8, 4) is 0 Å². The van der Waals surface area contributed by atoms with E-state index in [9.17, 15) is 24.3 Å². The van der Waals surface area contributed by atoms with Crippen LogP contribution in [0.25, 0.3) is 0 Å². The van der Waals surface area contributed by atoms with Gasteiger partial charge in [0.1, 0.15) is 5.78 Å². The Morgan fingerprint density at radius 2 is 0.908 bits per heavy atom. The molecule has 0 aliphatic heterocycles. The molecule has 0 aliphatic carbocycles. The van der Waals surface area contributed by atoms with Crippen molar-refractivity contribution in [2.45, 2.75) is 72.4 Å². The molecule has 0 saturated carbocycles. The Morgan fingerprint density at radius 3 is 1.25 bits per heavy atom. The van der Waals surface area contributed by atoms with Crippen LogP contribution in [0, 0.1) is 0 Å². The molecule has 5 N–H and O–H groups in total. The molecule has 0 amide bonds. The van der Waals surface area contributed by atoms with Gasteiger partial charge in [-0.3, -0.25) is 35.5 Å². The van der Waals surface area contributed by atoms with Crippen molar-refractivity contribution in [2.24, 2.45) is 0 Å². The quantitative estimate of drug-likeness (QED) is 0.0193. The van der Waals surface area contributed by atoms with Gasteiger partial charge in [0.2, 0.25) is 0 Å². The van der Waals surface area contributed by atoms with Gasteiger partial charge in [-0.2, -0.15) is 0 Å². The number of rotatable bonds is 44. The maximum atomic E-state index is 11.4. The number of carbonyl (C=O) groups is 3. The van der Waals surface area contributed by atoms with Crippen molar-refractivity contribution in [3.63, 3.8) is 0 Å². The largest absolute Gasteiger partial charge is 1.00 e. The minimum atomic E-state index is -1.02. The molecule has 0 aromatic carbocycles. The number of nitrogens with one attached hydrogen (secondary N) is 4. The number of carbonyl (C=O) groups excluding carboxylic acids is 4. The predicted octanol–water partition coefficient (Wildman–Crippen LogP) is -7.47. The molecule has 0 aromatic rings. The second-order valence-electron chi connectivity index (χ2n) is 16.3. The van der Waals surface area contributed by atoms with Crippen LogP contribution in [0.3, 0.4) is 0 Å². The van der Waals surface area contributed by atoms with Gasteiger partial charge in [-0.15, -0.1) is 6.42 Å². The zero-order valence-corrected chi connectivity index (χ0v) is 47.4. The Labute approximate surface area is 439 Å². The third kappa shape index (κ3) is 51.4. The number of hydrogen-bond acceptors (Lipinski definition) is 19. The molecule has 0 fully saturated rings. The van der Waals surface area contributed by atoms with Crippen LogP contribution in [-0.2, 0) is 33.4 Å². The van der Waals surface area contributed by atoms with E-state index in [-0.39, 0.29) is 82.8 Å². The zero-order valence-electron chi connectivity index (χ0n) is 43.4. The van der Waals surface area contributed by atoms with Crippen molar-refractivity contribution < 1.29 is 103 Å². The molecule has 19 nitrogen and oxygen atoms in total. The number of methoxy groups -OCH3 is 3. The van der Waals surface area contributed by atoms with Crippen LogP contribution < -0.4 is 85.5 Å². The van der Waals surface area contributed by atoms with Gasteiger partial charge in [-0.05, 0) is 61.7 Å². The van der Waals surface area contributed by atoms with Crippen LogP contribution >= 0.6 is 0 Å². The molecule has 0 aromatic heterocycles. The molecule has 0 heterocycles. The molecular weight excluding hydrogens is 859 g/mol. The summed E-state index contributed by atoms with van der Waals surface area (Å²) >= 11 is 0. The van der Waals surface area contributed by atoms with Gasteiger partial charge in [0.05, 0.1) is 26.7 Å². The van der Waals surface area contributed by atoms with Crippen molar-refractivity contribution in [3.05, 3.63) is 0 Å². The molecule has 0 atom stereocenters. The van der Waals surface area contributed by atoms with E-state index in [0.717, 1.165) is 131 Å². The summed E-state index contributed by atoms with van der Waals surface area (Å²) < 4.78 is 15.0. The number of aliphatic carboxylic acids is 1. The molecule has 0 rings (SSSR count). The first-order valence-corrected chi connectivity index (χ1v) is 22.9. The number of Topliss-reactive ketones (excluding diaryl/α,β-unsaturated/α-hetero) is 1. The fraction of sp³-hybridized carbons (Fsp3) is 0.909. The van der Waals surface area contributed by atoms with E-state index in [1.807, 2.05) is 13.3 Å². The second-order valence-corrected chi connectivity index (χ2v) is 16.3. The summed E-state index contributed by atoms with van der Waals surface area (Å²) in [5.41, 5.74) is 0. The maximum Gasteiger partial charge on any atom is 1.00 e. The van der Waals surface area contributed by atoms with E-state index < -0.39 is 5.97 Å². The van der Waals surface area contributed by atoms with Gasteiger partial charge >= 0.3 is 65.1 Å². The Bertz CT molecular complexity index is 1080. The normalized spacial score (nSPS) is 11.3. The number of nitrogens with zero attached hydrogens (tertiary/aromatic N) is 6. The first kappa shape index (κ1) is 73.7. The predicted molar refractivity (Wildman–Crippen MR) is 250 cm³/mol. The van der Waals surface area contributed by atoms with Crippen molar-refractivity contribution in [2.75, 3.05) is 193 Å². The monoisotopic (exact) mass is 952 g/mol. The van der Waals surface area contributed by atoms with Crippen LogP contribution in [0.4, 0.5) is 0 Å². The third-order valence-electron chi connectivity index (χ3n) is 10.5. The smallest absolute Gasteiger partial charge is 0.870 e. The first-order valence-electron chi connectivity index (χ1n) is 22.9. The summed E-state index contributed by atoms with van der Waals surface area (Å²) in [6.45, 7) is 30.8. The van der Waals surface area contributed by atoms with Crippen LogP contribution in [0.15, 0.2) is 0 Å². The minimum Gasteiger partial charge on any atom is -0.870 e. The van der Waals surface area contributed by atoms with Crippen LogP contribution in [0.2, 0.25) is 0 Å². The summed E-state index contributed by atoms with van der Waals surface area (Å²) in [6.07, 6.45) is 3.46. The molecule has 21 heteroatoms. The number of likely N-dealkylation sites (N-methyl/N-ethyl adjacent to an activating group) is 2. The molecule has 0 spiro atoms. The molecule has 0 unspecified atom stereocenters. The standard InChI is InChI=1S/C23H49N5O4.C21H44N5O4.2Na.H2O/c1-21(2)28(17-11-24-9-15-26(4)13-7-22(3)29)18-12-25-10-16-27(19-20-31-5)14-8-23(30)32-6;1-20(2)26(15-9-22-7-13-24(3)11-5-18-27)16-10-23-8-14-25(17-19-30-4)12-6-21(28)29;;;/h21,24-25H,7-20H2,1-6H3;20,22-23H,5-17,19H2,1-4H3,(H,28,29);;;1H2/q;-1;2*+1;/p-2. The van der Waals surface area contributed by atoms with E-state index in [2.05, 4.69) is 85.4 Å². The Hall–Kier alpha value is -0.240. The third-order valence-corrected chi connectivity index (χ3v) is 10.5. The second kappa shape index (κ2) is 53.1. The molecule has 0 radical (unpaired) electrons. The van der Waals surface area contributed by atoms with Crippen LogP contribution in [0.5, 0.6) is 0 Å². The summed E-state index contributed by atoms with van der Waals surface area (Å²) in [5.74, 6) is -0.947. The number of hydrogen-bond donors (Lipinski definition) is 4. The first-order chi connectivity index (χ1) is 29.7. The zero-order chi connectivity index (χ0) is 46.8. The topological polar surface area (TPSA) is 217 Å². The molecule has 0 saturated heterocycles. The fourth-order valence-corrected chi connectivity index (χ4v) is 6.18. The summed E-state index contributed by atoms with van der Waals surface area (Å²) in [4.78, 5) is 56.9. The Balaban J connectivity index is -0.000000354. The minimum absolute atomic E-state index is 0. The molecular formula is C44H93N10Na2O9-. The molecule has 0 aliphatic rings. The Kier molecular flexibility index (Phi) is 60.2. The fourth-order valence-electron chi connectivity index (χ4n) is 6.18. The van der Waals surface area contributed by atoms with Crippen LogP contribution in [0.1, 0.15) is 60.3 Å². The van der Waals surface area contributed by atoms with E-state index in [0.29, 0.717) is 57.6 Å². The van der Waals surface area contributed by atoms with Gasteiger partial charge in [0.15, 0.2) is 0 Å². The van der Waals surface area contributed by atoms with Gasteiger partial charge < -0.3 is 65.4 Å².